The quantitative estimate of drug-likeness (QED) is 0.0552. The Hall–Kier alpha value is -3.67. The first kappa shape index (κ1) is 41.5. The summed E-state index contributed by atoms with van der Waals surface area (Å²) in [4.78, 5) is 13.3. The molecule has 13 atom stereocenters. The van der Waals surface area contributed by atoms with Gasteiger partial charge in [-0.25, -0.2) is 4.79 Å². The lowest BCUT2D eigenvalue weighted by molar-refractivity contribution is -0.360. The van der Waals surface area contributed by atoms with Crippen LogP contribution in [0.1, 0.15) is 18.1 Å². The highest BCUT2D eigenvalue weighted by Crippen LogP contribution is 2.34. The summed E-state index contributed by atoms with van der Waals surface area (Å²) in [6.45, 7) is -0.662. The van der Waals surface area contributed by atoms with Crippen LogP contribution in [0.25, 0.3) is 6.08 Å². The number of ether oxygens (including phenoxy) is 8. The highest BCUT2D eigenvalue weighted by atomic mass is 16.8. The van der Waals surface area contributed by atoms with Crippen LogP contribution in [0.4, 0.5) is 0 Å². The fraction of sp³-hybridized carbons (Fsp3) is 0.571. The molecule has 5 rings (SSSR count). The predicted octanol–water partition coefficient (Wildman–Crippen LogP) is -2.25. The van der Waals surface area contributed by atoms with Gasteiger partial charge in [-0.1, -0.05) is 12.1 Å². The van der Waals surface area contributed by atoms with Crippen molar-refractivity contribution in [2.45, 2.75) is 92.8 Å². The van der Waals surface area contributed by atoms with Gasteiger partial charge >= 0.3 is 5.97 Å². The van der Waals surface area contributed by atoms with E-state index in [1.165, 1.54) is 56.5 Å². The molecule has 54 heavy (non-hydrogen) atoms. The van der Waals surface area contributed by atoms with Crippen molar-refractivity contribution >= 4 is 12.0 Å². The first-order chi connectivity index (χ1) is 25.6. The molecule has 3 aliphatic rings. The molecule has 13 unspecified atom stereocenters. The van der Waals surface area contributed by atoms with Gasteiger partial charge in [-0.2, -0.15) is 0 Å². The van der Waals surface area contributed by atoms with E-state index in [0.717, 1.165) is 6.08 Å². The summed E-state index contributed by atoms with van der Waals surface area (Å²) in [5, 5.41) is 103. The average Bonchev–Trinajstić information content (AvgIpc) is 3.44. The smallest absolute Gasteiger partial charge is 0.331 e. The van der Waals surface area contributed by atoms with E-state index in [9.17, 15) is 55.9 Å². The van der Waals surface area contributed by atoms with E-state index in [4.69, 9.17) is 37.9 Å². The predicted molar refractivity (Wildman–Crippen MR) is 179 cm³/mol. The van der Waals surface area contributed by atoms with Crippen LogP contribution in [0, 0.1) is 0 Å². The Kier molecular flexibility index (Phi) is 13.7. The molecule has 0 radical (unpaired) electrons. The molecule has 0 amide bonds. The van der Waals surface area contributed by atoms with Crippen molar-refractivity contribution < 1.29 is 93.8 Å². The summed E-state index contributed by atoms with van der Waals surface area (Å²) in [5.41, 5.74) is -1.08. The summed E-state index contributed by atoms with van der Waals surface area (Å²) < 4.78 is 45.4. The zero-order valence-electron chi connectivity index (χ0n) is 29.2. The molecule has 0 saturated carbocycles. The minimum atomic E-state index is -2.04. The van der Waals surface area contributed by atoms with Gasteiger partial charge < -0.3 is 89.0 Å². The minimum Gasteiger partial charge on any atom is -0.504 e. The Labute approximate surface area is 308 Å². The van der Waals surface area contributed by atoms with Crippen molar-refractivity contribution in [1.29, 1.82) is 0 Å². The first-order valence-corrected chi connectivity index (χ1v) is 17.0. The number of benzene rings is 2. The summed E-state index contributed by atoms with van der Waals surface area (Å²) in [5.74, 6) is -1.72. The van der Waals surface area contributed by atoms with Gasteiger partial charge in [-0.3, -0.25) is 0 Å². The summed E-state index contributed by atoms with van der Waals surface area (Å²) in [6, 6.07) is 8.39. The van der Waals surface area contributed by atoms with Crippen molar-refractivity contribution in [3.05, 3.63) is 53.6 Å². The van der Waals surface area contributed by atoms with Crippen LogP contribution in [-0.4, -0.2) is 170 Å². The molecule has 2 aromatic rings. The summed E-state index contributed by atoms with van der Waals surface area (Å²) in [6.07, 6.45) is -16.6. The number of aliphatic hydroxyl groups excluding tert-OH is 6. The number of phenolic OH excluding ortho intramolecular Hbond substituents is 3. The Morgan fingerprint density at radius 2 is 1.61 bits per heavy atom. The molecule has 3 saturated heterocycles. The SMILES string of the molecule is COc1cc(/C=C/C(=O)OC2C(COC3OCC(O)(CO)C3O)OC(OCCc3ccc(O)c(O)c3)C(O)C2OC2OC(C)C(O)C(O)C2O)ccc1O. The lowest BCUT2D eigenvalue weighted by atomic mass is 9.96. The van der Waals surface area contributed by atoms with Crippen LogP contribution in [-0.2, 0) is 44.4 Å². The van der Waals surface area contributed by atoms with Gasteiger partial charge in [0.15, 0.2) is 48.0 Å². The Morgan fingerprint density at radius 1 is 0.870 bits per heavy atom. The van der Waals surface area contributed by atoms with E-state index in [2.05, 4.69) is 0 Å². The van der Waals surface area contributed by atoms with Crippen LogP contribution >= 0.6 is 0 Å². The molecule has 0 bridgehead atoms. The molecule has 3 aliphatic heterocycles. The molecule has 3 fully saturated rings. The number of hydrogen-bond donors (Lipinski definition) is 10. The van der Waals surface area contributed by atoms with Crippen LogP contribution < -0.4 is 4.74 Å². The van der Waals surface area contributed by atoms with Crippen molar-refractivity contribution in [2.75, 3.05) is 33.5 Å². The van der Waals surface area contributed by atoms with Gasteiger partial charge in [0.05, 0.1) is 39.6 Å². The molecular formula is C35H46O19. The monoisotopic (exact) mass is 770 g/mol. The minimum absolute atomic E-state index is 0.130. The van der Waals surface area contributed by atoms with E-state index < -0.39 is 105 Å². The molecule has 0 aliphatic carbocycles. The average molecular weight is 771 g/mol. The number of rotatable bonds is 14. The van der Waals surface area contributed by atoms with Crippen LogP contribution in [0.3, 0.4) is 0 Å². The highest BCUT2D eigenvalue weighted by Gasteiger charge is 2.54. The number of aromatic hydroxyl groups is 3. The summed E-state index contributed by atoms with van der Waals surface area (Å²) >= 11 is 0. The zero-order valence-corrected chi connectivity index (χ0v) is 29.2. The standard InChI is InChI=1S/C35H46O19/c1-16-25(41)26(42)27(43)33(51-16)54-30-28(44)32(48-10-9-18-3-6-19(37)21(39)11-18)52-23(13-49-34-31(45)35(46,14-36)15-50-34)29(30)53-24(40)8-5-17-4-7-20(38)22(12-17)47-2/h3-8,11-12,16,23,25-34,36-39,41-46H,9-10,13-15H2,1-2H3/b8-5+. The second kappa shape index (κ2) is 17.9. The largest absolute Gasteiger partial charge is 0.504 e. The number of phenols is 3. The lowest BCUT2D eigenvalue weighted by Gasteiger charge is -2.46. The maximum absolute atomic E-state index is 13.3. The molecular weight excluding hydrogens is 724 g/mol. The third-order valence-corrected chi connectivity index (χ3v) is 9.30. The fourth-order valence-corrected chi connectivity index (χ4v) is 6.02. The van der Waals surface area contributed by atoms with Crippen molar-refractivity contribution in [3.63, 3.8) is 0 Å². The van der Waals surface area contributed by atoms with Crippen LogP contribution in [0.5, 0.6) is 23.0 Å². The second-order valence-electron chi connectivity index (χ2n) is 13.1. The first-order valence-electron chi connectivity index (χ1n) is 17.0. The maximum Gasteiger partial charge on any atom is 0.331 e. The van der Waals surface area contributed by atoms with Crippen molar-refractivity contribution in [1.82, 2.24) is 0 Å². The molecule has 10 N–H and O–H groups in total. The normalized spacial score (nSPS) is 35.6. The van der Waals surface area contributed by atoms with Crippen molar-refractivity contribution in [3.8, 4) is 23.0 Å². The Bertz CT molecular complexity index is 1590. The van der Waals surface area contributed by atoms with Crippen LogP contribution in [0.2, 0.25) is 0 Å². The second-order valence-corrected chi connectivity index (χ2v) is 13.1. The Morgan fingerprint density at radius 3 is 2.30 bits per heavy atom. The van der Waals surface area contributed by atoms with Gasteiger partial charge in [0.1, 0.15) is 48.3 Å². The molecule has 19 heteroatoms. The molecule has 0 aromatic heterocycles. The topological polar surface area (TPSA) is 293 Å². The fourth-order valence-electron chi connectivity index (χ4n) is 6.02. The number of carbonyl (C=O) groups excluding carboxylic acids is 1. The molecule has 300 valence electrons. The molecule has 0 spiro atoms. The highest BCUT2D eigenvalue weighted by molar-refractivity contribution is 5.87. The number of hydrogen-bond acceptors (Lipinski definition) is 19. The van der Waals surface area contributed by atoms with Gasteiger partial charge in [-0.15, -0.1) is 0 Å². The molecule has 3 heterocycles. The van der Waals surface area contributed by atoms with Crippen LogP contribution in [0.15, 0.2) is 42.5 Å². The van der Waals surface area contributed by atoms with Gasteiger partial charge in [-0.05, 0) is 54.8 Å². The third kappa shape index (κ3) is 9.40. The number of methoxy groups -OCH3 is 1. The van der Waals surface area contributed by atoms with E-state index in [1.807, 2.05) is 0 Å². The number of esters is 1. The molecule has 2 aromatic carbocycles. The number of aliphatic hydroxyl groups is 7. The zero-order chi connectivity index (χ0) is 39.3. The Balaban J connectivity index is 1.42. The van der Waals surface area contributed by atoms with E-state index in [1.54, 1.807) is 0 Å². The van der Waals surface area contributed by atoms with E-state index in [-0.39, 0.29) is 36.0 Å². The van der Waals surface area contributed by atoms with Gasteiger partial charge in [0.2, 0.25) is 0 Å². The van der Waals surface area contributed by atoms with Gasteiger partial charge in [0, 0.05) is 6.08 Å². The number of carbonyl (C=O) groups is 1. The van der Waals surface area contributed by atoms with Gasteiger partial charge in [0.25, 0.3) is 0 Å². The summed E-state index contributed by atoms with van der Waals surface area (Å²) in [7, 11) is 1.34. The lowest BCUT2D eigenvalue weighted by Crippen LogP contribution is -2.65. The maximum atomic E-state index is 13.3. The van der Waals surface area contributed by atoms with E-state index in [0.29, 0.717) is 11.1 Å². The third-order valence-electron chi connectivity index (χ3n) is 9.30. The molecule has 19 nitrogen and oxygen atoms in total. The van der Waals surface area contributed by atoms with Crippen molar-refractivity contribution in [2.24, 2.45) is 0 Å². The van der Waals surface area contributed by atoms with E-state index >= 15 is 0 Å².